The van der Waals surface area contributed by atoms with Crippen molar-refractivity contribution >= 4 is 41.4 Å². The maximum absolute atomic E-state index is 16.1. The summed E-state index contributed by atoms with van der Waals surface area (Å²) in [7, 11) is 3.18. The van der Waals surface area contributed by atoms with Gasteiger partial charge in [0.25, 0.3) is 0 Å². The smallest absolute Gasteiger partial charge is 0.329 e. The number of Topliss-reactive ketones (excluding diaryl/α,β-unsaturated/α-hetero) is 1. The lowest BCUT2D eigenvalue weighted by Crippen LogP contribution is -2.63. The minimum absolute atomic E-state index is 0.00269. The number of hydrogen-bond acceptors (Lipinski definition) is 13. The van der Waals surface area contributed by atoms with E-state index in [4.69, 9.17) is 4.74 Å². The van der Waals surface area contributed by atoms with E-state index in [0.29, 0.717) is 44.3 Å². The lowest BCUT2D eigenvalue weighted by Gasteiger charge is -2.50. The van der Waals surface area contributed by atoms with E-state index in [9.17, 15) is 24.3 Å². The number of likely N-dealkylation sites (N-methyl/N-ethyl adjacent to an activating group) is 1. The van der Waals surface area contributed by atoms with E-state index in [1.54, 1.807) is 26.8 Å². The number of ether oxygens (including phenoxy) is 2. The summed E-state index contributed by atoms with van der Waals surface area (Å²) in [6, 6.07) is 3.05. The summed E-state index contributed by atoms with van der Waals surface area (Å²) < 4.78 is 26.7. The molecule has 51 heavy (non-hydrogen) atoms. The molecule has 16 heteroatoms. The highest BCUT2D eigenvalue weighted by molar-refractivity contribution is 5.95. The number of carbonyl (C=O) groups is 4. The number of aliphatic carboxylic acids is 1. The van der Waals surface area contributed by atoms with Gasteiger partial charge in [-0.1, -0.05) is 6.92 Å². The standard InChI is InChI=1S/C35H47FN8O7/c1-21-7-13-29(45)35(21,19-51-33(49)34(2,3)4)44(23-8-10-26-22(15-23)17-42(5)20-37-26)24-9-11-27(25(36)16-24)38-28(32(47)48)12-14-30-39-41-43(40-30)18-31(46)50-6/h9,11,16,20-21,23,28,38H,7-8,10,12-15,17-19H2,1-6H3,(H,47,48)/t21?,23?,28-,35?/m0/s1. The Bertz CT molecular complexity index is 1720. The molecule has 1 aliphatic heterocycles. The zero-order valence-corrected chi connectivity index (χ0v) is 30.0. The molecule has 0 saturated heterocycles. The minimum Gasteiger partial charge on any atom is -0.480 e. The molecule has 276 valence electrons. The van der Waals surface area contributed by atoms with Crippen molar-refractivity contribution in [2.75, 3.05) is 37.5 Å². The molecule has 2 heterocycles. The number of rotatable bonds is 13. The number of methoxy groups -OCH3 is 1. The number of esters is 2. The third kappa shape index (κ3) is 8.20. The van der Waals surface area contributed by atoms with E-state index in [1.807, 2.05) is 30.1 Å². The molecule has 2 N–H and O–H groups in total. The summed E-state index contributed by atoms with van der Waals surface area (Å²) in [5, 5.41) is 24.5. The SMILES string of the molecule is COC(=O)Cn1nnc(CC[C@H](Nc2ccc(N(C3CCC4=C(C3)CN(C)C=N4)C3(COC(=O)C(C)(C)C)C(=O)CCC3C)cc2F)C(=O)O)n1. The van der Waals surface area contributed by atoms with Gasteiger partial charge in [-0.05, 0) is 87.8 Å². The molecule has 3 unspecified atom stereocenters. The van der Waals surface area contributed by atoms with E-state index in [2.05, 4.69) is 30.5 Å². The van der Waals surface area contributed by atoms with Crippen LogP contribution in [0.5, 0.6) is 0 Å². The second-order valence-electron chi connectivity index (χ2n) is 14.6. The van der Waals surface area contributed by atoms with Gasteiger partial charge in [0.2, 0.25) is 0 Å². The van der Waals surface area contributed by atoms with E-state index in [-0.39, 0.29) is 55.2 Å². The predicted molar refractivity (Wildman–Crippen MR) is 184 cm³/mol. The number of aryl methyl sites for hydroxylation is 1. The highest BCUT2D eigenvalue weighted by atomic mass is 19.1. The molecule has 3 aliphatic rings. The molecule has 1 aromatic heterocycles. The Morgan fingerprint density at radius 2 is 1.98 bits per heavy atom. The zero-order valence-electron chi connectivity index (χ0n) is 30.0. The fourth-order valence-electron chi connectivity index (χ4n) is 7.04. The van der Waals surface area contributed by atoms with Crippen LogP contribution in [0.2, 0.25) is 0 Å². The number of anilines is 2. The molecular formula is C35H47FN8O7. The molecule has 1 fully saturated rings. The quantitative estimate of drug-likeness (QED) is 0.289. The Balaban J connectivity index is 1.44. The third-order valence-corrected chi connectivity index (χ3v) is 9.90. The van der Waals surface area contributed by atoms with E-state index >= 15 is 4.39 Å². The van der Waals surface area contributed by atoms with Crippen LogP contribution in [0.4, 0.5) is 15.8 Å². The Morgan fingerprint density at radius 3 is 2.63 bits per heavy atom. The largest absolute Gasteiger partial charge is 0.480 e. The van der Waals surface area contributed by atoms with Crippen LogP contribution in [0.3, 0.4) is 0 Å². The number of nitrogens with zero attached hydrogens (tertiary/aromatic N) is 7. The molecule has 1 aromatic carbocycles. The number of allylic oxidation sites excluding steroid dienone is 1. The second kappa shape index (κ2) is 15.2. The number of nitrogens with one attached hydrogen (secondary N) is 1. The second-order valence-corrected chi connectivity index (χ2v) is 14.6. The van der Waals surface area contributed by atoms with Crippen LogP contribution in [0.15, 0.2) is 34.5 Å². The Hall–Kier alpha value is -4.89. The average molecular weight is 711 g/mol. The summed E-state index contributed by atoms with van der Waals surface area (Å²) in [6.07, 6.45) is 4.70. The van der Waals surface area contributed by atoms with Crippen molar-refractivity contribution in [3.05, 3.63) is 41.1 Å². The number of tetrazole rings is 1. The number of carboxylic acids is 1. The summed E-state index contributed by atoms with van der Waals surface area (Å²) in [4.78, 5) is 60.5. The monoisotopic (exact) mass is 710 g/mol. The number of benzene rings is 1. The molecule has 0 amide bonds. The fraction of sp³-hybridized carbons (Fsp3) is 0.600. The number of hydrogen-bond donors (Lipinski definition) is 2. The number of halogens is 1. The molecule has 0 spiro atoms. The molecular weight excluding hydrogens is 663 g/mol. The van der Waals surface area contributed by atoms with Gasteiger partial charge in [0, 0.05) is 43.9 Å². The Morgan fingerprint density at radius 1 is 1.22 bits per heavy atom. The number of carboxylic acid groups (broad SMARTS) is 1. The molecule has 15 nitrogen and oxygen atoms in total. The van der Waals surface area contributed by atoms with Gasteiger partial charge in [-0.3, -0.25) is 9.59 Å². The van der Waals surface area contributed by atoms with Crippen molar-refractivity contribution in [2.45, 2.75) is 96.8 Å². The van der Waals surface area contributed by atoms with Crippen molar-refractivity contribution in [2.24, 2.45) is 16.3 Å². The summed E-state index contributed by atoms with van der Waals surface area (Å²) in [5.41, 5.74) is 0.536. The maximum Gasteiger partial charge on any atom is 0.329 e. The molecule has 0 radical (unpaired) electrons. The minimum atomic E-state index is -1.24. The van der Waals surface area contributed by atoms with Crippen LogP contribution in [0, 0.1) is 17.2 Å². The maximum atomic E-state index is 16.1. The first-order chi connectivity index (χ1) is 24.1. The normalized spacial score (nSPS) is 22.4. The van der Waals surface area contributed by atoms with Crippen LogP contribution < -0.4 is 10.2 Å². The van der Waals surface area contributed by atoms with Gasteiger partial charge in [0.1, 0.15) is 24.0 Å². The first-order valence-electron chi connectivity index (χ1n) is 17.2. The van der Waals surface area contributed by atoms with Crippen LogP contribution in [-0.2, 0) is 41.6 Å². The van der Waals surface area contributed by atoms with Crippen LogP contribution >= 0.6 is 0 Å². The topological polar surface area (TPSA) is 181 Å². The van der Waals surface area contributed by atoms with Gasteiger partial charge in [-0.25, -0.2) is 19.0 Å². The molecule has 4 atom stereocenters. The van der Waals surface area contributed by atoms with Gasteiger partial charge >= 0.3 is 17.9 Å². The van der Waals surface area contributed by atoms with E-state index in [1.165, 1.54) is 19.2 Å². The van der Waals surface area contributed by atoms with E-state index < -0.39 is 40.7 Å². The number of carbonyl (C=O) groups excluding carboxylic acids is 3. The number of aromatic nitrogens is 4. The molecule has 2 aliphatic carbocycles. The van der Waals surface area contributed by atoms with Crippen LogP contribution in [0.25, 0.3) is 0 Å². The highest BCUT2D eigenvalue weighted by Gasteiger charge is 2.55. The number of aliphatic imine (C=N–C) groups is 1. The van der Waals surface area contributed by atoms with Crippen molar-refractivity contribution in [3.8, 4) is 0 Å². The average Bonchev–Trinajstić information content (AvgIpc) is 3.64. The molecule has 1 saturated carbocycles. The fourth-order valence-corrected chi connectivity index (χ4v) is 7.04. The lowest BCUT2D eigenvalue weighted by molar-refractivity contribution is -0.156. The summed E-state index contributed by atoms with van der Waals surface area (Å²) >= 11 is 0. The van der Waals surface area contributed by atoms with Crippen LogP contribution in [0.1, 0.15) is 72.0 Å². The Labute approximate surface area is 296 Å². The highest BCUT2D eigenvalue weighted by Crippen LogP contribution is 2.46. The van der Waals surface area contributed by atoms with E-state index in [0.717, 1.165) is 16.1 Å². The van der Waals surface area contributed by atoms with Crippen molar-refractivity contribution in [1.29, 1.82) is 0 Å². The summed E-state index contributed by atoms with van der Waals surface area (Å²) in [5.74, 6) is -2.98. The first kappa shape index (κ1) is 37.4. The van der Waals surface area contributed by atoms with Gasteiger partial charge in [-0.15, -0.1) is 10.2 Å². The lowest BCUT2D eigenvalue weighted by atomic mass is 9.80. The molecule has 5 rings (SSSR count). The third-order valence-electron chi connectivity index (χ3n) is 9.90. The molecule has 2 aromatic rings. The van der Waals surface area contributed by atoms with Gasteiger partial charge in [-0.2, -0.15) is 4.80 Å². The van der Waals surface area contributed by atoms with Crippen molar-refractivity contribution < 1.29 is 38.1 Å². The molecule has 0 bridgehead atoms. The first-order valence-corrected chi connectivity index (χ1v) is 17.2. The van der Waals surface area contributed by atoms with Crippen molar-refractivity contribution in [1.82, 2.24) is 25.1 Å². The summed E-state index contributed by atoms with van der Waals surface area (Å²) in [6.45, 7) is 7.51. The van der Waals surface area contributed by atoms with Gasteiger partial charge < -0.3 is 29.7 Å². The predicted octanol–water partition coefficient (Wildman–Crippen LogP) is 3.40. The Kier molecular flexibility index (Phi) is 11.1. The number of ketones is 1. The van der Waals surface area contributed by atoms with Gasteiger partial charge in [0.05, 0.1) is 24.6 Å². The van der Waals surface area contributed by atoms with Crippen molar-refractivity contribution in [3.63, 3.8) is 0 Å². The van der Waals surface area contributed by atoms with Gasteiger partial charge in [0.15, 0.2) is 18.2 Å². The zero-order chi connectivity index (χ0) is 37.1. The van der Waals surface area contributed by atoms with Crippen LogP contribution in [-0.4, -0.2) is 105 Å².